The zero-order chi connectivity index (χ0) is 10.7. The van der Waals surface area contributed by atoms with Gasteiger partial charge in [0.05, 0.1) is 12.3 Å². The van der Waals surface area contributed by atoms with E-state index in [1.165, 1.54) is 0 Å². The van der Waals surface area contributed by atoms with Crippen molar-refractivity contribution in [1.29, 1.82) is 0 Å². The second-order valence-corrected chi connectivity index (χ2v) is 3.42. The maximum absolute atomic E-state index is 12.5. The van der Waals surface area contributed by atoms with Gasteiger partial charge in [-0.15, -0.1) is 0 Å². The Hall–Kier alpha value is -0.550. The highest BCUT2D eigenvalue weighted by atomic mass is 79.9. The van der Waals surface area contributed by atoms with Crippen molar-refractivity contribution >= 4 is 15.9 Å². The predicted octanol–water partition coefficient (Wildman–Crippen LogP) is 2.71. The molecule has 1 aromatic rings. The molecule has 1 aromatic heterocycles. The van der Waals surface area contributed by atoms with Gasteiger partial charge >= 0.3 is 0 Å². The van der Waals surface area contributed by atoms with Crippen LogP contribution in [0, 0.1) is 6.92 Å². The molecule has 0 aromatic carbocycles. The quantitative estimate of drug-likeness (QED) is 0.853. The van der Waals surface area contributed by atoms with Crippen molar-refractivity contribution in [3.8, 4) is 0 Å². The van der Waals surface area contributed by atoms with Gasteiger partial charge in [0.25, 0.3) is 6.43 Å². The van der Waals surface area contributed by atoms with Crippen LogP contribution in [0.2, 0.25) is 0 Å². The lowest BCUT2D eigenvalue weighted by Crippen LogP contribution is -2.03. The van der Waals surface area contributed by atoms with E-state index in [1.54, 1.807) is 6.92 Å². The third-order valence-electron chi connectivity index (χ3n) is 2.11. The molecule has 0 unspecified atom stereocenters. The summed E-state index contributed by atoms with van der Waals surface area (Å²) in [6.07, 6.45) is -1.47. The molecule has 0 radical (unpaired) electrons. The summed E-state index contributed by atoms with van der Waals surface area (Å²) in [7, 11) is 0. The van der Waals surface area contributed by atoms with E-state index in [9.17, 15) is 8.78 Å². The number of aliphatic hydroxyl groups excluding tert-OH is 1. The van der Waals surface area contributed by atoms with Crippen LogP contribution in [0.4, 0.5) is 8.78 Å². The highest BCUT2D eigenvalue weighted by Gasteiger charge is 2.16. The normalized spacial score (nSPS) is 11.0. The van der Waals surface area contributed by atoms with Crippen LogP contribution in [-0.4, -0.2) is 10.1 Å². The average Bonchev–Trinajstić information content (AvgIpc) is 2.17. The lowest BCUT2D eigenvalue weighted by atomic mass is 10.0. The van der Waals surface area contributed by atoms with E-state index >= 15 is 0 Å². The minimum atomic E-state index is -2.59. The number of hydrogen-bond donors (Lipinski definition) is 1. The van der Waals surface area contributed by atoms with E-state index in [2.05, 4.69) is 20.9 Å². The molecule has 5 heteroatoms. The number of aliphatic hydroxyl groups is 1. The van der Waals surface area contributed by atoms with Gasteiger partial charge < -0.3 is 5.11 Å². The maximum Gasteiger partial charge on any atom is 0.265 e. The van der Waals surface area contributed by atoms with Gasteiger partial charge in [0.1, 0.15) is 0 Å². The molecule has 0 aliphatic rings. The molecule has 0 saturated heterocycles. The Kier molecular flexibility index (Phi) is 3.95. The Bertz CT molecular complexity index is 331. The third kappa shape index (κ3) is 2.09. The Morgan fingerprint density at radius 1 is 1.57 bits per heavy atom. The van der Waals surface area contributed by atoms with Crippen LogP contribution >= 0.6 is 15.9 Å². The standard InChI is InChI=1S/C9H10BrF2NO/c1-5-7(4-14)6(9(11)12)3-13-8(5)2-10/h3,9,14H,2,4H2,1H3. The van der Waals surface area contributed by atoms with Crippen LogP contribution in [0.1, 0.15) is 28.8 Å². The van der Waals surface area contributed by atoms with Crippen molar-refractivity contribution in [1.82, 2.24) is 4.98 Å². The van der Waals surface area contributed by atoms with Gasteiger partial charge in [-0.3, -0.25) is 4.98 Å². The molecule has 0 atom stereocenters. The summed E-state index contributed by atoms with van der Waals surface area (Å²) in [4.78, 5) is 3.89. The highest BCUT2D eigenvalue weighted by Crippen LogP contribution is 2.26. The summed E-state index contributed by atoms with van der Waals surface area (Å²) < 4.78 is 24.9. The van der Waals surface area contributed by atoms with Crippen molar-refractivity contribution in [3.63, 3.8) is 0 Å². The molecule has 0 aliphatic carbocycles. The molecule has 2 nitrogen and oxygen atoms in total. The molecule has 0 bridgehead atoms. The van der Waals surface area contributed by atoms with E-state index in [0.29, 0.717) is 16.6 Å². The SMILES string of the molecule is Cc1c(CBr)ncc(C(F)F)c1CO. The minimum absolute atomic E-state index is 0.185. The van der Waals surface area contributed by atoms with E-state index in [1.807, 2.05) is 0 Å². The minimum Gasteiger partial charge on any atom is -0.392 e. The first-order valence-electron chi connectivity index (χ1n) is 4.04. The first-order valence-corrected chi connectivity index (χ1v) is 5.16. The fraction of sp³-hybridized carbons (Fsp3) is 0.444. The summed E-state index contributed by atoms with van der Waals surface area (Å²) in [6.45, 7) is 1.30. The summed E-state index contributed by atoms with van der Waals surface area (Å²) >= 11 is 3.20. The van der Waals surface area contributed by atoms with Crippen molar-refractivity contribution < 1.29 is 13.9 Å². The van der Waals surface area contributed by atoms with Crippen LogP contribution in [0.3, 0.4) is 0 Å². The molecule has 0 amide bonds. The number of halogens is 3. The van der Waals surface area contributed by atoms with E-state index < -0.39 is 6.43 Å². The third-order valence-corrected chi connectivity index (χ3v) is 2.64. The lowest BCUT2D eigenvalue weighted by Gasteiger charge is -2.11. The average molecular weight is 266 g/mol. The lowest BCUT2D eigenvalue weighted by molar-refractivity contribution is 0.146. The highest BCUT2D eigenvalue weighted by molar-refractivity contribution is 9.08. The second kappa shape index (κ2) is 4.79. The van der Waals surface area contributed by atoms with Gasteiger partial charge in [-0.2, -0.15) is 0 Å². The number of pyridine rings is 1. The molecule has 1 heterocycles. The summed E-state index contributed by atoms with van der Waals surface area (Å²) in [6, 6.07) is 0. The van der Waals surface area contributed by atoms with E-state index in [4.69, 9.17) is 5.11 Å². The van der Waals surface area contributed by atoms with Gasteiger partial charge in [0.2, 0.25) is 0 Å². The smallest absolute Gasteiger partial charge is 0.265 e. The van der Waals surface area contributed by atoms with Gasteiger partial charge in [0, 0.05) is 17.1 Å². The van der Waals surface area contributed by atoms with Gasteiger partial charge in [-0.1, -0.05) is 15.9 Å². The predicted molar refractivity (Wildman–Crippen MR) is 52.5 cm³/mol. The van der Waals surface area contributed by atoms with E-state index in [0.717, 1.165) is 6.20 Å². The van der Waals surface area contributed by atoms with Gasteiger partial charge in [-0.25, -0.2) is 8.78 Å². The van der Waals surface area contributed by atoms with Crippen LogP contribution in [0.15, 0.2) is 6.20 Å². The first kappa shape index (κ1) is 11.5. The molecule has 1 N–H and O–H groups in total. The largest absolute Gasteiger partial charge is 0.392 e. The van der Waals surface area contributed by atoms with E-state index in [-0.39, 0.29) is 17.7 Å². The Morgan fingerprint density at radius 3 is 2.64 bits per heavy atom. The number of hydrogen-bond acceptors (Lipinski definition) is 2. The molecule has 0 fully saturated rings. The van der Waals surface area contributed by atoms with Crippen molar-refractivity contribution in [2.24, 2.45) is 0 Å². The van der Waals surface area contributed by atoms with Crippen LogP contribution in [-0.2, 0) is 11.9 Å². The fourth-order valence-corrected chi connectivity index (χ4v) is 1.81. The molecule has 0 saturated carbocycles. The van der Waals surface area contributed by atoms with Crippen molar-refractivity contribution in [3.05, 3.63) is 28.6 Å². The van der Waals surface area contributed by atoms with Crippen molar-refractivity contribution in [2.75, 3.05) is 0 Å². The first-order chi connectivity index (χ1) is 6.61. The maximum atomic E-state index is 12.5. The number of nitrogens with zero attached hydrogens (tertiary/aromatic N) is 1. The fourth-order valence-electron chi connectivity index (χ4n) is 1.25. The monoisotopic (exact) mass is 265 g/mol. The summed E-state index contributed by atoms with van der Waals surface area (Å²) in [5, 5.41) is 9.49. The summed E-state index contributed by atoms with van der Waals surface area (Å²) in [5.41, 5.74) is 1.40. The molecule has 0 spiro atoms. The molecule has 1 rings (SSSR count). The zero-order valence-corrected chi connectivity index (χ0v) is 9.18. The van der Waals surface area contributed by atoms with Crippen LogP contribution in [0.5, 0.6) is 0 Å². The Balaban J connectivity index is 3.28. The number of rotatable bonds is 3. The molecule has 78 valence electrons. The molecular weight excluding hydrogens is 256 g/mol. The molecule has 14 heavy (non-hydrogen) atoms. The molecule has 0 aliphatic heterocycles. The number of aromatic nitrogens is 1. The summed E-state index contributed by atoms with van der Waals surface area (Å²) in [5.74, 6) is 0. The topological polar surface area (TPSA) is 33.1 Å². The number of alkyl halides is 3. The zero-order valence-electron chi connectivity index (χ0n) is 7.60. The molecular formula is C9H10BrF2NO. The van der Waals surface area contributed by atoms with Crippen LogP contribution < -0.4 is 0 Å². The second-order valence-electron chi connectivity index (χ2n) is 2.86. The van der Waals surface area contributed by atoms with Gasteiger partial charge in [0.15, 0.2) is 0 Å². The Morgan fingerprint density at radius 2 is 2.21 bits per heavy atom. The Labute approximate surface area is 89.1 Å². The van der Waals surface area contributed by atoms with Gasteiger partial charge in [-0.05, 0) is 18.1 Å². The van der Waals surface area contributed by atoms with Crippen LogP contribution in [0.25, 0.3) is 0 Å². The van der Waals surface area contributed by atoms with Crippen molar-refractivity contribution in [2.45, 2.75) is 25.3 Å².